The molecule has 15 heteroatoms. The molecule has 3 aliphatic rings. The molecule has 12 nitrogen and oxygen atoms in total. The lowest BCUT2D eigenvalue weighted by Gasteiger charge is -2.41. The van der Waals surface area contributed by atoms with Crippen molar-refractivity contribution in [2.45, 2.75) is 50.4 Å². The van der Waals surface area contributed by atoms with Crippen molar-refractivity contribution in [2.75, 3.05) is 48.3 Å². The van der Waals surface area contributed by atoms with Crippen molar-refractivity contribution in [2.24, 2.45) is 0 Å². The van der Waals surface area contributed by atoms with Gasteiger partial charge in [0.25, 0.3) is 0 Å². The Balaban J connectivity index is 0.000000411. The van der Waals surface area contributed by atoms with Crippen molar-refractivity contribution in [3.63, 3.8) is 0 Å². The number of hydrogen-bond donors (Lipinski definition) is 2. The van der Waals surface area contributed by atoms with Gasteiger partial charge in [0.1, 0.15) is 5.60 Å². The van der Waals surface area contributed by atoms with Gasteiger partial charge >= 0.3 is 12.1 Å². The third-order valence-electron chi connectivity index (χ3n) is 7.49. The van der Waals surface area contributed by atoms with Gasteiger partial charge in [-0.25, -0.2) is 9.48 Å². The summed E-state index contributed by atoms with van der Waals surface area (Å²) >= 11 is 0. The minimum absolute atomic E-state index is 0.261. The first-order valence-electron chi connectivity index (χ1n) is 13.0. The Morgan fingerprint density at radius 2 is 1.77 bits per heavy atom. The van der Waals surface area contributed by atoms with Crippen molar-refractivity contribution >= 4 is 23.8 Å². The Hall–Kier alpha value is -4.01. The van der Waals surface area contributed by atoms with Crippen LogP contribution in [0.4, 0.5) is 31.0 Å². The van der Waals surface area contributed by atoms with Crippen LogP contribution in [-0.4, -0.2) is 80.0 Å². The number of carbonyl (C=O) groups is 1. The van der Waals surface area contributed by atoms with E-state index in [4.69, 9.17) is 25.4 Å². The van der Waals surface area contributed by atoms with Crippen LogP contribution in [0, 0.1) is 6.92 Å². The van der Waals surface area contributed by atoms with Gasteiger partial charge in [-0.1, -0.05) is 29.5 Å². The first-order valence-corrected chi connectivity index (χ1v) is 13.0. The summed E-state index contributed by atoms with van der Waals surface area (Å²) in [7, 11) is 0. The highest BCUT2D eigenvalue weighted by molar-refractivity contribution is 5.73. The zero-order chi connectivity index (χ0) is 28.5. The monoisotopic (exact) mass is 561 g/mol. The minimum atomic E-state index is -5.08. The maximum absolute atomic E-state index is 10.6. The highest BCUT2D eigenvalue weighted by Crippen LogP contribution is 2.42. The summed E-state index contributed by atoms with van der Waals surface area (Å²) in [5.74, 6) is -1.21. The predicted molar refractivity (Wildman–Crippen MR) is 138 cm³/mol. The quantitative estimate of drug-likeness (QED) is 0.486. The SMILES string of the molecule is Cc1cnnn1C1CCN(c2nc(N)nc(N3CCOC4(CCc5ccccc54)C3)n2)CC1.O=C(O)C(F)(F)F. The maximum Gasteiger partial charge on any atom is 0.490 e. The number of rotatable bonds is 3. The second kappa shape index (κ2) is 10.9. The molecule has 2 aromatic heterocycles. The number of morpholine rings is 1. The molecule has 214 valence electrons. The number of carboxylic acids is 1. The summed E-state index contributed by atoms with van der Waals surface area (Å²) in [6.07, 6.45) is 0.661. The minimum Gasteiger partial charge on any atom is -0.475 e. The highest BCUT2D eigenvalue weighted by Gasteiger charge is 2.44. The number of halogens is 3. The van der Waals surface area contributed by atoms with Gasteiger partial charge in [-0.05, 0) is 43.7 Å². The molecule has 1 aromatic carbocycles. The predicted octanol–water partition coefficient (Wildman–Crippen LogP) is 2.51. The summed E-state index contributed by atoms with van der Waals surface area (Å²) in [4.78, 5) is 27.1. The fraction of sp³-hybridized carbons (Fsp3) is 0.520. The second-order valence-corrected chi connectivity index (χ2v) is 10.1. The number of nitrogen functional groups attached to an aromatic ring is 1. The molecule has 6 rings (SSSR count). The molecule has 40 heavy (non-hydrogen) atoms. The number of piperidine rings is 1. The third-order valence-corrected chi connectivity index (χ3v) is 7.49. The Morgan fingerprint density at radius 3 is 2.42 bits per heavy atom. The molecule has 1 aliphatic carbocycles. The van der Waals surface area contributed by atoms with E-state index in [1.165, 1.54) is 11.1 Å². The zero-order valence-corrected chi connectivity index (χ0v) is 21.9. The molecule has 0 bridgehead atoms. The van der Waals surface area contributed by atoms with Crippen LogP contribution < -0.4 is 15.5 Å². The van der Waals surface area contributed by atoms with Crippen LogP contribution in [0.25, 0.3) is 0 Å². The van der Waals surface area contributed by atoms with E-state index in [1.54, 1.807) is 0 Å². The van der Waals surface area contributed by atoms with Crippen molar-refractivity contribution < 1.29 is 27.8 Å². The lowest BCUT2D eigenvalue weighted by molar-refractivity contribution is -0.192. The summed E-state index contributed by atoms with van der Waals surface area (Å²) in [6, 6.07) is 8.95. The van der Waals surface area contributed by atoms with E-state index in [9.17, 15) is 13.2 Å². The van der Waals surface area contributed by atoms with Gasteiger partial charge in [0, 0.05) is 19.6 Å². The normalized spacial score (nSPS) is 21.2. The number of fused-ring (bicyclic) bond motifs is 2. The number of aryl methyl sites for hydroxylation is 2. The largest absolute Gasteiger partial charge is 0.490 e. The molecule has 1 unspecified atom stereocenters. The molecule has 0 amide bonds. The Bertz CT molecular complexity index is 1360. The number of ether oxygens (including phenoxy) is 1. The zero-order valence-electron chi connectivity index (χ0n) is 21.9. The summed E-state index contributed by atoms with van der Waals surface area (Å²) in [6.45, 7) is 5.82. The van der Waals surface area contributed by atoms with Gasteiger partial charge in [-0.15, -0.1) is 5.10 Å². The number of carboxylic acid groups (broad SMARTS) is 1. The van der Waals surface area contributed by atoms with Crippen molar-refractivity contribution in [3.8, 4) is 0 Å². The molecule has 4 heterocycles. The molecule has 0 saturated carbocycles. The first-order chi connectivity index (χ1) is 19.1. The fourth-order valence-corrected chi connectivity index (χ4v) is 5.54. The summed E-state index contributed by atoms with van der Waals surface area (Å²) in [5, 5.41) is 15.4. The molecule has 2 aliphatic heterocycles. The van der Waals surface area contributed by atoms with Crippen molar-refractivity contribution in [1.82, 2.24) is 29.9 Å². The smallest absolute Gasteiger partial charge is 0.475 e. The van der Waals surface area contributed by atoms with Crippen LogP contribution in [0.1, 0.15) is 42.1 Å². The van der Waals surface area contributed by atoms with Crippen molar-refractivity contribution in [3.05, 3.63) is 47.3 Å². The number of aromatic nitrogens is 6. The van der Waals surface area contributed by atoms with E-state index in [2.05, 4.69) is 54.3 Å². The highest BCUT2D eigenvalue weighted by atomic mass is 19.4. The van der Waals surface area contributed by atoms with Gasteiger partial charge in [-0.2, -0.15) is 28.1 Å². The van der Waals surface area contributed by atoms with Gasteiger partial charge in [0.05, 0.1) is 31.1 Å². The Kier molecular flexibility index (Phi) is 7.49. The van der Waals surface area contributed by atoms with E-state index < -0.39 is 12.1 Å². The number of alkyl halides is 3. The maximum atomic E-state index is 10.6. The molecule has 3 N–H and O–H groups in total. The lowest BCUT2D eigenvalue weighted by Crippen LogP contribution is -2.49. The number of nitrogens with two attached hydrogens (primary N) is 1. The second-order valence-electron chi connectivity index (χ2n) is 10.1. The van der Waals surface area contributed by atoms with Gasteiger partial charge in [-0.3, -0.25) is 0 Å². The van der Waals surface area contributed by atoms with E-state index in [1.807, 2.05) is 17.8 Å². The van der Waals surface area contributed by atoms with E-state index >= 15 is 0 Å². The van der Waals surface area contributed by atoms with Gasteiger partial charge < -0.3 is 25.4 Å². The average molecular weight is 562 g/mol. The number of benzene rings is 1. The number of anilines is 3. The topological polar surface area (TPSA) is 148 Å². The van der Waals surface area contributed by atoms with E-state index in [0.717, 1.165) is 57.6 Å². The van der Waals surface area contributed by atoms with Gasteiger partial charge in [0.2, 0.25) is 17.8 Å². The Morgan fingerprint density at radius 1 is 1.10 bits per heavy atom. The number of hydrogen-bond acceptors (Lipinski definition) is 10. The first kappa shape index (κ1) is 27.6. The molecule has 1 spiro atoms. The summed E-state index contributed by atoms with van der Waals surface area (Å²) < 4.78 is 40.1. The van der Waals surface area contributed by atoms with E-state index in [0.29, 0.717) is 24.5 Å². The van der Waals surface area contributed by atoms with Crippen LogP contribution in [0.15, 0.2) is 30.5 Å². The van der Waals surface area contributed by atoms with Gasteiger partial charge in [0.15, 0.2) is 0 Å². The number of nitrogens with zero attached hydrogens (tertiary/aromatic N) is 8. The molecule has 2 fully saturated rings. The lowest BCUT2D eigenvalue weighted by atomic mass is 9.94. The van der Waals surface area contributed by atoms with Crippen LogP contribution in [0.3, 0.4) is 0 Å². The van der Waals surface area contributed by atoms with Crippen LogP contribution in [0.2, 0.25) is 0 Å². The van der Waals surface area contributed by atoms with Crippen LogP contribution in [-0.2, 0) is 21.6 Å². The Labute approximate surface area is 228 Å². The molecule has 0 radical (unpaired) electrons. The molecule has 1 atom stereocenters. The summed E-state index contributed by atoms with van der Waals surface area (Å²) in [5.41, 5.74) is 9.61. The molecule has 2 saturated heterocycles. The molecular weight excluding hydrogens is 531 g/mol. The van der Waals surface area contributed by atoms with E-state index in [-0.39, 0.29) is 11.5 Å². The fourth-order valence-electron chi connectivity index (χ4n) is 5.54. The van der Waals surface area contributed by atoms with Crippen molar-refractivity contribution in [1.29, 1.82) is 0 Å². The molecule has 3 aromatic rings. The third kappa shape index (κ3) is 5.64. The van der Waals surface area contributed by atoms with Crippen LogP contribution in [0.5, 0.6) is 0 Å². The standard InChI is InChI=1S/C23H29N9O.C2HF3O2/c1-16-14-25-29-32(16)18-7-10-30(11-8-18)21-26-20(24)27-22(28-21)31-12-13-33-23(15-31)9-6-17-4-2-3-5-19(17)23;3-2(4,5)1(6)7/h2-5,14,18H,6-13,15H2,1H3,(H2,24,26,27,28);(H,6,7). The van der Waals surface area contributed by atoms with Crippen LogP contribution >= 0.6 is 0 Å². The molecular formula is C25H30F3N9O3. The average Bonchev–Trinajstić information content (AvgIpc) is 3.52. The number of aliphatic carboxylic acids is 1.